The fourth-order valence-electron chi connectivity index (χ4n) is 3.39. The summed E-state index contributed by atoms with van der Waals surface area (Å²) in [6.45, 7) is 3.45. The SMILES string of the molecule is COCCc1ncc(CN2CCO[C@@H](c3cncc(-c4cccc(F)c4)n3)C2)cn1. The summed E-state index contributed by atoms with van der Waals surface area (Å²) in [5, 5.41) is 0. The molecular weight excluding hydrogens is 385 g/mol. The molecule has 8 heteroatoms. The minimum Gasteiger partial charge on any atom is -0.384 e. The predicted molar refractivity (Wildman–Crippen MR) is 109 cm³/mol. The standard InChI is InChI=1S/C22H24FN5O2/c1-29-7-5-22-25-10-16(11-26-22)14-28-6-8-30-21(15-28)20-13-24-12-19(27-20)17-3-2-4-18(23)9-17/h2-4,9-13,21H,5-8,14-15H2,1H3/t21-/m1/s1. The van der Waals surface area contributed by atoms with E-state index in [0.717, 1.165) is 30.2 Å². The summed E-state index contributed by atoms with van der Waals surface area (Å²) in [6.07, 6.45) is 7.60. The van der Waals surface area contributed by atoms with Gasteiger partial charge in [0.2, 0.25) is 0 Å². The number of morpholine rings is 1. The van der Waals surface area contributed by atoms with Crippen molar-refractivity contribution in [1.82, 2.24) is 24.8 Å². The van der Waals surface area contributed by atoms with E-state index in [2.05, 4.69) is 24.8 Å². The molecule has 3 heterocycles. The van der Waals surface area contributed by atoms with Crippen LogP contribution in [-0.2, 0) is 22.4 Å². The number of nitrogens with zero attached hydrogens (tertiary/aromatic N) is 5. The van der Waals surface area contributed by atoms with Crippen molar-refractivity contribution in [2.24, 2.45) is 0 Å². The van der Waals surface area contributed by atoms with Crippen LogP contribution < -0.4 is 0 Å². The van der Waals surface area contributed by atoms with Gasteiger partial charge in [-0.15, -0.1) is 0 Å². The van der Waals surface area contributed by atoms with Crippen LogP contribution in [0.2, 0.25) is 0 Å². The summed E-state index contributed by atoms with van der Waals surface area (Å²) in [4.78, 5) is 20.1. The highest BCUT2D eigenvalue weighted by molar-refractivity contribution is 5.58. The van der Waals surface area contributed by atoms with Crippen molar-refractivity contribution in [2.45, 2.75) is 19.1 Å². The Morgan fingerprint density at radius 1 is 1.20 bits per heavy atom. The highest BCUT2D eigenvalue weighted by Crippen LogP contribution is 2.24. The summed E-state index contributed by atoms with van der Waals surface area (Å²) in [5.74, 6) is 0.486. The predicted octanol–water partition coefficient (Wildman–Crippen LogP) is 2.84. The molecule has 0 spiro atoms. The van der Waals surface area contributed by atoms with Crippen molar-refractivity contribution in [3.63, 3.8) is 0 Å². The van der Waals surface area contributed by atoms with E-state index in [1.165, 1.54) is 12.1 Å². The van der Waals surface area contributed by atoms with Gasteiger partial charge >= 0.3 is 0 Å². The van der Waals surface area contributed by atoms with Crippen LogP contribution in [0, 0.1) is 5.82 Å². The molecule has 0 saturated carbocycles. The molecule has 1 fully saturated rings. The second-order valence-electron chi connectivity index (χ2n) is 7.18. The number of hydrogen-bond donors (Lipinski definition) is 0. The molecule has 3 aromatic rings. The van der Waals surface area contributed by atoms with Gasteiger partial charge in [0.15, 0.2) is 0 Å². The normalized spacial score (nSPS) is 17.2. The van der Waals surface area contributed by atoms with Crippen LogP contribution in [0.15, 0.2) is 49.1 Å². The quantitative estimate of drug-likeness (QED) is 0.594. The Kier molecular flexibility index (Phi) is 6.68. The Morgan fingerprint density at radius 2 is 2.07 bits per heavy atom. The zero-order valence-corrected chi connectivity index (χ0v) is 16.9. The average molecular weight is 409 g/mol. The first-order valence-electron chi connectivity index (χ1n) is 9.92. The fourth-order valence-corrected chi connectivity index (χ4v) is 3.39. The third-order valence-corrected chi connectivity index (χ3v) is 4.95. The van der Waals surface area contributed by atoms with E-state index >= 15 is 0 Å². The molecule has 0 unspecified atom stereocenters. The van der Waals surface area contributed by atoms with E-state index in [4.69, 9.17) is 9.47 Å². The van der Waals surface area contributed by atoms with Crippen LogP contribution >= 0.6 is 0 Å². The average Bonchev–Trinajstić information content (AvgIpc) is 2.79. The Morgan fingerprint density at radius 3 is 2.87 bits per heavy atom. The molecule has 1 aromatic carbocycles. The number of ether oxygens (including phenoxy) is 2. The van der Waals surface area contributed by atoms with Gasteiger partial charge in [0.25, 0.3) is 0 Å². The van der Waals surface area contributed by atoms with E-state index in [0.29, 0.717) is 37.4 Å². The number of rotatable bonds is 7. The molecule has 0 bridgehead atoms. The van der Waals surface area contributed by atoms with Gasteiger partial charge in [-0.2, -0.15) is 0 Å². The Bertz CT molecular complexity index is 970. The first-order chi connectivity index (χ1) is 14.7. The van der Waals surface area contributed by atoms with Crippen molar-refractivity contribution >= 4 is 0 Å². The molecule has 0 N–H and O–H groups in total. The zero-order chi connectivity index (χ0) is 20.8. The van der Waals surface area contributed by atoms with E-state index < -0.39 is 0 Å². The largest absolute Gasteiger partial charge is 0.384 e. The Balaban J connectivity index is 1.42. The van der Waals surface area contributed by atoms with Gasteiger partial charge in [-0.25, -0.2) is 19.3 Å². The number of methoxy groups -OCH3 is 1. The minimum atomic E-state index is -0.296. The van der Waals surface area contributed by atoms with Crippen LogP contribution in [0.3, 0.4) is 0 Å². The van der Waals surface area contributed by atoms with Crippen LogP contribution in [-0.4, -0.2) is 58.2 Å². The number of halogens is 1. The number of benzene rings is 1. The Hall–Kier alpha value is -2.81. The van der Waals surface area contributed by atoms with Gasteiger partial charge in [0.1, 0.15) is 17.7 Å². The molecule has 156 valence electrons. The van der Waals surface area contributed by atoms with Crippen LogP contribution in [0.4, 0.5) is 4.39 Å². The lowest BCUT2D eigenvalue weighted by atomic mass is 10.1. The maximum absolute atomic E-state index is 13.6. The van der Waals surface area contributed by atoms with E-state index in [-0.39, 0.29) is 11.9 Å². The third kappa shape index (κ3) is 5.21. The molecule has 1 aliphatic heterocycles. The second kappa shape index (κ2) is 9.80. The molecular formula is C22H24FN5O2. The fraction of sp³-hybridized carbons (Fsp3) is 0.364. The molecule has 0 aliphatic carbocycles. The highest BCUT2D eigenvalue weighted by atomic mass is 19.1. The summed E-state index contributed by atoms with van der Waals surface area (Å²) in [6, 6.07) is 6.36. The first kappa shape index (κ1) is 20.5. The van der Waals surface area contributed by atoms with Crippen molar-refractivity contribution in [1.29, 1.82) is 0 Å². The minimum absolute atomic E-state index is 0.193. The van der Waals surface area contributed by atoms with Gasteiger partial charge in [0.05, 0.1) is 37.0 Å². The molecule has 2 aromatic heterocycles. The molecule has 1 saturated heterocycles. The molecule has 4 rings (SSSR count). The van der Waals surface area contributed by atoms with Gasteiger partial charge in [-0.1, -0.05) is 12.1 Å². The smallest absolute Gasteiger partial charge is 0.130 e. The van der Waals surface area contributed by atoms with Gasteiger partial charge in [-0.05, 0) is 12.1 Å². The molecule has 1 atom stereocenters. The maximum Gasteiger partial charge on any atom is 0.130 e. The van der Waals surface area contributed by atoms with Crippen LogP contribution in [0.1, 0.15) is 23.2 Å². The summed E-state index contributed by atoms with van der Waals surface area (Å²) in [7, 11) is 1.67. The maximum atomic E-state index is 13.6. The lowest BCUT2D eigenvalue weighted by Gasteiger charge is -2.32. The highest BCUT2D eigenvalue weighted by Gasteiger charge is 2.24. The van der Waals surface area contributed by atoms with E-state index in [9.17, 15) is 4.39 Å². The van der Waals surface area contributed by atoms with Crippen LogP contribution in [0.25, 0.3) is 11.3 Å². The number of hydrogen-bond acceptors (Lipinski definition) is 7. The molecule has 0 amide bonds. The van der Waals surface area contributed by atoms with Gasteiger partial charge in [0, 0.05) is 56.7 Å². The van der Waals surface area contributed by atoms with Crippen molar-refractivity contribution in [3.8, 4) is 11.3 Å². The molecule has 0 radical (unpaired) electrons. The zero-order valence-electron chi connectivity index (χ0n) is 16.9. The topological polar surface area (TPSA) is 73.3 Å². The summed E-state index contributed by atoms with van der Waals surface area (Å²) < 4.78 is 24.6. The summed E-state index contributed by atoms with van der Waals surface area (Å²) in [5.41, 5.74) is 3.12. The second-order valence-corrected chi connectivity index (χ2v) is 7.18. The van der Waals surface area contributed by atoms with Crippen molar-refractivity contribution in [3.05, 3.63) is 72.0 Å². The van der Waals surface area contributed by atoms with Crippen LogP contribution in [0.5, 0.6) is 0 Å². The van der Waals surface area contributed by atoms with Gasteiger partial charge in [-0.3, -0.25) is 9.88 Å². The lowest BCUT2D eigenvalue weighted by Crippen LogP contribution is -2.38. The van der Waals surface area contributed by atoms with Crippen molar-refractivity contribution in [2.75, 3.05) is 33.4 Å². The third-order valence-electron chi connectivity index (χ3n) is 4.95. The lowest BCUT2D eigenvalue weighted by molar-refractivity contribution is -0.0351. The Labute approximate surface area is 174 Å². The van der Waals surface area contributed by atoms with E-state index in [1.807, 2.05) is 18.5 Å². The monoisotopic (exact) mass is 409 g/mol. The first-order valence-corrected chi connectivity index (χ1v) is 9.92. The van der Waals surface area contributed by atoms with Gasteiger partial charge < -0.3 is 9.47 Å². The summed E-state index contributed by atoms with van der Waals surface area (Å²) >= 11 is 0. The molecule has 7 nitrogen and oxygen atoms in total. The van der Waals surface area contributed by atoms with E-state index in [1.54, 1.807) is 25.6 Å². The molecule has 1 aliphatic rings. The number of aromatic nitrogens is 4. The van der Waals surface area contributed by atoms with Crippen molar-refractivity contribution < 1.29 is 13.9 Å². The molecule has 30 heavy (non-hydrogen) atoms.